The number of aryl methyl sites for hydroxylation is 2. The minimum absolute atomic E-state index is 0.249. The van der Waals surface area contributed by atoms with Gasteiger partial charge in [-0.15, -0.1) is 0 Å². The van der Waals surface area contributed by atoms with Gasteiger partial charge in [-0.2, -0.15) is 0 Å². The molecule has 1 aromatic carbocycles. The number of anilines is 2. The largest absolute Gasteiger partial charge is 0.385 e. The fourth-order valence-corrected chi connectivity index (χ4v) is 3.43. The molecule has 0 unspecified atom stereocenters. The summed E-state index contributed by atoms with van der Waals surface area (Å²) in [6, 6.07) is 10.4. The molecule has 5 nitrogen and oxygen atoms in total. The van der Waals surface area contributed by atoms with E-state index >= 15 is 0 Å². The third-order valence-corrected chi connectivity index (χ3v) is 4.81. The normalized spacial score (nSPS) is 14.1. The molecule has 0 aliphatic carbocycles. The van der Waals surface area contributed by atoms with Gasteiger partial charge in [-0.3, -0.25) is 4.72 Å². The van der Waals surface area contributed by atoms with Gasteiger partial charge in [0.05, 0.1) is 4.90 Å². The van der Waals surface area contributed by atoms with Crippen molar-refractivity contribution in [3.8, 4) is 0 Å². The van der Waals surface area contributed by atoms with Crippen LogP contribution in [0.5, 0.6) is 0 Å². The van der Waals surface area contributed by atoms with E-state index in [4.69, 9.17) is 0 Å². The Bertz CT molecular complexity index is 772. The second-order valence-corrected chi connectivity index (χ2v) is 6.80. The van der Waals surface area contributed by atoms with Crippen LogP contribution >= 0.6 is 0 Å². The summed E-state index contributed by atoms with van der Waals surface area (Å²) < 4.78 is 27.4. The van der Waals surface area contributed by atoms with E-state index in [2.05, 4.69) is 15.0 Å². The molecule has 0 fully saturated rings. The average Bonchev–Trinajstić information content (AvgIpc) is 2.46. The van der Waals surface area contributed by atoms with Crippen LogP contribution in [-0.2, 0) is 16.4 Å². The Morgan fingerprint density at radius 3 is 2.90 bits per heavy atom. The Morgan fingerprint density at radius 1 is 1.24 bits per heavy atom. The van der Waals surface area contributed by atoms with E-state index in [1.807, 2.05) is 19.1 Å². The molecule has 0 spiro atoms. The van der Waals surface area contributed by atoms with Crippen molar-refractivity contribution in [3.63, 3.8) is 0 Å². The third-order valence-electron chi connectivity index (χ3n) is 3.46. The van der Waals surface area contributed by atoms with E-state index < -0.39 is 10.0 Å². The lowest BCUT2D eigenvalue weighted by Gasteiger charge is -2.18. The second-order valence-electron chi connectivity index (χ2n) is 5.12. The summed E-state index contributed by atoms with van der Waals surface area (Å²) >= 11 is 0. The van der Waals surface area contributed by atoms with Gasteiger partial charge in [0.1, 0.15) is 5.82 Å². The molecular weight excluding hydrogens is 286 g/mol. The summed E-state index contributed by atoms with van der Waals surface area (Å²) in [5.74, 6) is 0.334. The van der Waals surface area contributed by atoms with Crippen LogP contribution in [0.15, 0.2) is 41.3 Å². The highest BCUT2D eigenvalue weighted by Crippen LogP contribution is 2.26. The van der Waals surface area contributed by atoms with Crippen molar-refractivity contribution < 1.29 is 8.42 Å². The first-order valence-corrected chi connectivity index (χ1v) is 8.36. The highest BCUT2D eigenvalue weighted by atomic mass is 32.2. The van der Waals surface area contributed by atoms with Crippen molar-refractivity contribution in [2.24, 2.45) is 0 Å². The van der Waals surface area contributed by atoms with Crippen LogP contribution < -0.4 is 10.0 Å². The summed E-state index contributed by atoms with van der Waals surface area (Å²) in [6.07, 6.45) is 2.06. The number of fused-ring (bicyclic) bond motifs is 1. The van der Waals surface area contributed by atoms with Crippen molar-refractivity contribution in [1.82, 2.24) is 4.98 Å². The number of nitrogens with zero attached hydrogens (tertiary/aromatic N) is 1. The lowest BCUT2D eigenvalue weighted by atomic mass is 10.0. The van der Waals surface area contributed by atoms with Crippen LogP contribution in [0.3, 0.4) is 0 Å². The maximum atomic E-state index is 12.4. The number of aromatic nitrogens is 1. The maximum absolute atomic E-state index is 12.4. The fourth-order valence-electron chi connectivity index (χ4n) is 2.40. The van der Waals surface area contributed by atoms with Gasteiger partial charge in [0.15, 0.2) is 0 Å². The minimum atomic E-state index is -3.62. The Kier molecular flexibility index (Phi) is 3.55. The summed E-state index contributed by atoms with van der Waals surface area (Å²) in [5.41, 5.74) is 2.83. The first kappa shape index (κ1) is 13.9. The second kappa shape index (κ2) is 5.37. The molecule has 2 heterocycles. The first-order chi connectivity index (χ1) is 10.0. The zero-order valence-electron chi connectivity index (χ0n) is 11.8. The molecule has 0 saturated carbocycles. The van der Waals surface area contributed by atoms with Gasteiger partial charge in [-0.05, 0) is 49.6 Å². The monoisotopic (exact) mass is 303 g/mol. The van der Waals surface area contributed by atoms with Crippen molar-refractivity contribution in [3.05, 3.63) is 47.7 Å². The zero-order chi connectivity index (χ0) is 14.9. The van der Waals surface area contributed by atoms with E-state index in [0.29, 0.717) is 5.82 Å². The van der Waals surface area contributed by atoms with E-state index in [0.717, 1.165) is 36.3 Å². The highest BCUT2D eigenvalue weighted by molar-refractivity contribution is 7.92. The maximum Gasteiger partial charge on any atom is 0.263 e. The van der Waals surface area contributed by atoms with Crippen molar-refractivity contribution in [2.75, 3.05) is 16.6 Å². The molecule has 6 heteroatoms. The number of benzene rings is 1. The highest BCUT2D eigenvalue weighted by Gasteiger charge is 2.18. The van der Waals surface area contributed by atoms with Gasteiger partial charge < -0.3 is 5.32 Å². The van der Waals surface area contributed by atoms with E-state index in [9.17, 15) is 8.42 Å². The molecular formula is C15H17N3O2S. The van der Waals surface area contributed by atoms with Crippen LogP contribution in [-0.4, -0.2) is 19.9 Å². The molecule has 110 valence electrons. The van der Waals surface area contributed by atoms with Gasteiger partial charge in [0, 0.05) is 17.9 Å². The van der Waals surface area contributed by atoms with Crippen LogP contribution in [0.1, 0.15) is 17.7 Å². The number of hydrogen-bond acceptors (Lipinski definition) is 4. The van der Waals surface area contributed by atoms with Crippen molar-refractivity contribution in [1.29, 1.82) is 0 Å². The smallest absolute Gasteiger partial charge is 0.263 e. The predicted octanol–water partition coefficient (Wildman–Crippen LogP) is 2.55. The Morgan fingerprint density at radius 2 is 2.10 bits per heavy atom. The SMILES string of the molecule is Cc1cccc(NS(=O)(=O)c2ccc3c(c2)NCCC3)n1. The predicted molar refractivity (Wildman–Crippen MR) is 83.0 cm³/mol. The van der Waals surface area contributed by atoms with Crippen molar-refractivity contribution in [2.45, 2.75) is 24.7 Å². The fraction of sp³-hybridized carbons (Fsp3) is 0.267. The molecule has 0 saturated heterocycles. The summed E-state index contributed by atoms with van der Waals surface area (Å²) in [5, 5.41) is 3.24. The molecule has 1 aromatic heterocycles. The molecule has 2 aromatic rings. The Balaban J connectivity index is 1.91. The Hall–Kier alpha value is -2.08. The standard InChI is InChI=1S/C15H17N3O2S/c1-11-4-2-6-15(17-11)18-21(19,20)13-8-7-12-5-3-9-16-14(12)10-13/h2,4,6-8,10,16H,3,5,9H2,1H3,(H,17,18). The van der Waals surface area contributed by atoms with Crippen LogP contribution in [0.4, 0.5) is 11.5 Å². The number of nitrogens with one attached hydrogen (secondary N) is 2. The van der Waals surface area contributed by atoms with E-state index in [1.54, 1.807) is 24.3 Å². The van der Waals surface area contributed by atoms with E-state index in [1.165, 1.54) is 0 Å². The van der Waals surface area contributed by atoms with E-state index in [-0.39, 0.29) is 4.90 Å². The lowest BCUT2D eigenvalue weighted by Crippen LogP contribution is -2.16. The topological polar surface area (TPSA) is 71.1 Å². The molecule has 2 N–H and O–H groups in total. The minimum Gasteiger partial charge on any atom is -0.385 e. The Labute approximate surface area is 124 Å². The number of hydrogen-bond donors (Lipinski definition) is 2. The van der Waals surface area contributed by atoms with Gasteiger partial charge in [-0.1, -0.05) is 12.1 Å². The van der Waals surface area contributed by atoms with Gasteiger partial charge in [-0.25, -0.2) is 13.4 Å². The molecule has 0 bridgehead atoms. The quantitative estimate of drug-likeness (QED) is 0.914. The van der Waals surface area contributed by atoms with Crippen LogP contribution in [0.25, 0.3) is 0 Å². The molecule has 1 aliphatic heterocycles. The molecule has 21 heavy (non-hydrogen) atoms. The number of rotatable bonds is 3. The zero-order valence-corrected chi connectivity index (χ0v) is 12.6. The lowest BCUT2D eigenvalue weighted by molar-refractivity contribution is 0.601. The summed E-state index contributed by atoms with van der Waals surface area (Å²) in [4.78, 5) is 4.41. The van der Waals surface area contributed by atoms with Crippen molar-refractivity contribution >= 4 is 21.5 Å². The molecule has 0 atom stereocenters. The summed E-state index contributed by atoms with van der Waals surface area (Å²) in [6.45, 7) is 2.70. The summed E-state index contributed by atoms with van der Waals surface area (Å²) in [7, 11) is -3.62. The first-order valence-electron chi connectivity index (χ1n) is 6.88. The molecule has 0 radical (unpaired) electrons. The van der Waals surface area contributed by atoms with Crippen LogP contribution in [0.2, 0.25) is 0 Å². The van der Waals surface area contributed by atoms with Gasteiger partial charge >= 0.3 is 0 Å². The molecule has 3 rings (SSSR count). The number of pyridine rings is 1. The average molecular weight is 303 g/mol. The molecule has 1 aliphatic rings. The van der Waals surface area contributed by atoms with Gasteiger partial charge in [0.2, 0.25) is 0 Å². The molecule has 0 amide bonds. The number of sulfonamides is 1. The van der Waals surface area contributed by atoms with Gasteiger partial charge in [0.25, 0.3) is 10.0 Å². The van der Waals surface area contributed by atoms with Crippen LogP contribution in [0, 0.1) is 6.92 Å². The third kappa shape index (κ3) is 3.00.